The summed E-state index contributed by atoms with van der Waals surface area (Å²) in [6.07, 6.45) is 0. The van der Waals surface area contributed by atoms with Crippen LogP contribution in [0.4, 0.5) is 5.13 Å². The molecule has 3 aromatic rings. The van der Waals surface area contributed by atoms with Gasteiger partial charge in [-0.15, -0.1) is 21.5 Å². The van der Waals surface area contributed by atoms with E-state index in [2.05, 4.69) is 20.5 Å². The number of thiazole rings is 1. The number of anilines is 1. The summed E-state index contributed by atoms with van der Waals surface area (Å²) in [5.41, 5.74) is 1.49. The number of amides is 1. The maximum atomic E-state index is 12.5. The number of nitrogens with one attached hydrogen (secondary N) is 1. The van der Waals surface area contributed by atoms with Crippen LogP contribution in [-0.2, 0) is 0 Å². The van der Waals surface area contributed by atoms with E-state index < -0.39 is 0 Å². The van der Waals surface area contributed by atoms with Crippen LogP contribution in [0.2, 0.25) is 5.02 Å². The van der Waals surface area contributed by atoms with Crippen LogP contribution in [0.1, 0.15) is 40.1 Å². The summed E-state index contributed by atoms with van der Waals surface area (Å²) in [6.45, 7) is 5.88. The Bertz CT molecular complexity index is 888. The van der Waals surface area contributed by atoms with Crippen LogP contribution in [0.15, 0.2) is 24.3 Å². The molecule has 3 rings (SSSR count). The summed E-state index contributed by atoms with van der Waals surface area (Å²) in [5.74, 6) is 0.0554. The zero-order valence-electron chi connectivity index (χ0n) is 13.3. The molecule has 0 fully saturated rings. The molecule has 1 aromatic carbocycles. The third kappa shape index (κ3) is 3.48. The van der Waals surface area contributed by atoms with E-state index in [-0.39, 0.29) is 11.8 Å². The molecule has 0 spiro atoms. The van der Waals surface area contributed by atoms with E-state index in [1.165, 1.54) is 22.7 Å². The predicted molar refractivity (Wildman–Crippen MR) is 99.2 cm³/mol. The molecule has 0 unspecified atom stereocenters. The molecule has 0 aliphatic carbocycles. The van der Waals surface area contributed by atoms with Gasteiger partial charge in [0.2, 0.25) is 5.13 Å². The van der Waals surface area contributed by atoms with E-state index in [1.807, 2.05) is 45.0 Å². The van der Waals surface area contributed by atoms with Gasteiger partial charge in [0.1, 0.15) is 14.9 Å². The molecule has 0 radical (unpaired) electrons. The number of rotatable bonds is 4. The molecule has 124 valence electrons. The molecule has 0 saturated heterocycles. The van der Waals surface area contributed by atoms with Crippen LogP contribution in [0, 0.1) is 6.92 Å². The van der Waals surface area contributed by atoms with Crippen molar-refractivity contribution in [3.63, 3.8) is 0 Å². The first-order valence-electron chi connectivity index (χ1n) is 7.32. The lowest BCUT2D eigenvalue weighted by molar-refractivity contribution is 0.102. The standard InChI is InChI=1S/C16H15ClN4OS2/c1-8(2)14-20-21-16(24-14)19-13(22)12-9(3)18-15(23-12)10-6-4-5-7-11(10)17/h4-8H,1-3H3,(H,19,21,22). The highest BCUT2D eigenvalue weighted by Crippen LogP contribution is 2.33. The second kappa shape index (κ2) is 6.96. The minimum absolute atomic E-state index is 0.227. The average Bonchev–Trinajstić information content (AvgIpc) is 3.14. The van der Waals surface area contributed by atoms with Crippen LogP contribution in [0.5, 0.6) is 0 Å². The molecule has 0 atom stereocenters. The molecule has 8 heteroatoms. The Morgan fingerprint density at radius 3 is 2.62 bits per heavy atom. The van der Waals surface area contributed by atoms with Gasteiger partial charge in [-0.05, 0) is 13.0 Å². The highest BCUT2D eigenvalue weighted by atomic mass is 35.5. The van der Waals surface area contributed by atoms with E-state index >= 15 is 0 Å². The summed E-state index contributed by atoms with van der Waals surface area (Å²) in [6, 6.07) is 7.46. The Balaban J connectivity index is 1.84. The minimum atomic E-state index is -0.227. The zero-order valence-corrected chi connectivity index (χ0v) is 15.7. The molecule has 0 bridgehead atoms. The fraction of sp³-hybridized carbons (Fsp3) is 0.250. The van der Waals surface area contributed by atoms with Crippen LogP contribution in [0.3, 0.4) is 0 Å². The summed E-state index contributed by atoms with van der Waals surface area (Å²) < 4.78 is 0. The fourth-order valence-electron chi connectivity index (χ4n) is 2.03. The number of carbonyl (C=O) groups is 1. The van der Waals surface area contributed by atoms with Crippen molar-refractivity contribution in [3.05, 3.63) is 44.9 Å². The van der Waals surface area contributed by atoms with Gasteiger partial charge in [-0.1, -0.05) is 55.0 Å². The smallest absolute Gasteiger partial charge is 0.269 e. The lowest BCUT2D eigenvalue weighted by Crippen LogP contribution is -2.11. The molecule has 24 heavy (non-hydrogen) atoms. The van der Waals surface area contributed by atoms with Gasteiger partial charge in [0.25, 0.3) is 5.91 Å². The molecule has 0 aliphatic heterocycles. The molecular formula is C16H15ClN4OS2. The van der Waals surface area contributed by atoms with Crippen LogP contribution in [-0.4, -0.2) is 21.1 Å². The number of nitrogens with zero attached hydrogens (tertiary/aromatic N) is 3. The SMILES string of the molecule is Cc1nc(-c2ccccc2Cl)sc1C(=O)Nc1nnc(C(C)C)s1. The first kappa shape index (κ1) is 17.0. The number of aryl methyl sites for hydroxylation is 1. The zero-order chi connectivity index (χ0) is 17.3. The third-order valence-electron chi connectivity index (χ3n) is 3.26. The normalized spacial score (nSPS) is 11.0. The topological polar surface area (TPSA) is 67.8 Å². The highest BCUT2D eigenvalue weighted by Gasteiger charge is 2.19. The molecule has 0 aliphatic rings. The molecule has 0 saturated carbocycles. The van der Waals surface area contributed by atoms with Gasteiger partial charge in [-0.25, -0.2) is 4.98 Å². The molecule has 1 N–H and O–H groups in total. The Kier molecular flexibility index (Phi) is 4.93. The predicted octanol–water partition coefficient (Wildman–Crippen LogP) is 5.00. The quantitative estimate of drug-likeness (QED) is 0.693. The van der Waals surface area contributed by atoms with Crippen LogP contribution >= 0.6 is 34.3 Å². The number of carbonyl (C=O) groups excluding carboxylic acids is 1. The Morgan fingerprint density at radius 1 is 1.21 bits per heavy atom. The van der Waals surface area contributed by atoms with Crippen molar-refractivity contribution in [2.24, 2.45) is 0 Å². The average molecular weight is 379 g/mol. The first-order valence-corrected chi connectivity index (χ1v) is 9.34. The maximum absolute atomic E-state index is 12.5. The van der Waals surface area contributed by atoms with Crippen LogP contribution < -0.4 is 5.32 Å². The Labute approximate surface area is 152 Å². The van der Waals surface area contributed by atoms with Gasteiger partial charge in [-0.3, -0.25) is 10.1 Å². The highest BCUT2D eigenvalue weighted by molar-refractivity contribution is 7.17. The second-order valence-electron chi connectivity index (χ2n) is 5.47. The fourth-order valence-corrected chi connectivity index (χ4v) is 4.05. The number of aromatic nitrogens is 3. The molecule has 2 heterocycles. The van der Waals surface area contributed by atoms with Crippen molar-refractivity contribution in [3.8, 4) is 10.6 Å². The molecule has 1 amide bonds. The van der Waals surface area contributed by atoms with Crippen molar-refractivity contribution < 1.29 is 4.79 Å². The monoisotopic (exact) mass is 378 g/mol. The number of hydrogen-bond acceptors (Lipinski definition) is 6. The first-order chi connectivity index (χ1) is 11.5. The summed E-state index contributed by atoms with van der Waals surface area (Å²) in [5, 5.41) is 13.6. The summed E-state index contributed by atoms with van der Waals surface area (Å²) in [4.78, 5) is 17.5. The number of hydrogen-bond donors (Lipinski definition) is 1. The molecule has 5 nitrogen and oxygen atoms in total. The van der Waals surface area contributed by atoms with Gasteiger partial charge in [0, 0.05) is 11.5 Å². The van der Waals surface area contributed by atoms with Crippen molar-refractivity contribution >= 4 is 45.3 Å². The van der Waals surface area contributed by atoms with Crippen molar-refractivity contribution in [1.29, 1.82) is 0 Å². The van der Waals surface area contributed by atoms with Gasteiger partial charge in [0.15, 0.2) is 0 Å². The van der Waals surface area contributed by atoms with E-state index in [0.717, 1.165) is 15.6 Å². The Morgan fingerprint density at radius 2 is 1.96 bits per heavy atom. The lowest BCUT2D eigenvalue weighted by atomic mass is 10.2. The summed E-state index contributed by atoms with van der Waals surface area (Å²) in [7, 11) is 0. The van der Waals surface area contributed by atoms with Gasteiger partial charge < -0.3 is 0 Å². The molecular weight excluding hydrogens is 364 g/mol. The van der Waals surface area contributed by atoms with E-state index in [4.69, 9.17) is 11.6 Å². The second-order valence-corrected chi connectivity index (χ2v) is 7.88. The summed E-state index contributed by atoms with van der Waals surface area (Å²) >= 11 is 8.91. The van der Waals surface area contributed by atoms with Gasteiger partial charge in [-0.2, -0.15) is 0 Å². The largest absolute Gasteiger partial charge is 0.296 e. The van der Waals surface area contributed by atoms with Crippen molar-refractivity contribution in [1.82, 2.24) is 15.2 Å². The maximum Gasteiger partial charge on any atom is 0.269 e. The van der Waals surface area contributed by atoms with E-state index in [9.17, 15) is 4.79 Å². The Hall–Kier alpha value is -1.83. The third-order valence-corrected chi connectivity index (χ3v) is 5.92. The lowest BCUT2D eigenvalue weighted by Gasteiger charge is -1.99. The van der Waals surface area contributed by atoms with Crippen LogP contribution in [0.25, 0.3) is 10.6 Å². The van der Waals surface area contributed by atoms with E-state index in [0.29, 0.717) is 20.7 Å². The van der Waals surface area contributed by atoms with E-state index in [1.54, 1.807) is 0 Å². The van der Waals surface area contributed by atoms with Gasteiger partial charge in [0.05, 0.1) is 10.7 Å². The number of benzene rings is 1. The van der Waals surface area contributed by atoms with Crippen molar-refractivity contribution in [2.45, 2.75) is 26.7 Å². The van der Waals surface area contributed by atoms with Gasteiger partial charge >= 0.3 is 0 Å². The molecule has 2 aromatic heterocycles. The minimum Gasteiger partial charge on any atom is -0.296 e. The van der Waals surface area contributed by atoms with Crippen molar-refractivity contribution in [2.75, 3.05) is 5.32 Å². The number of halogens is 1.